The fourth-order valence-corrected chi connectivity index (χ4v) is 4.13. The summed E-state index contributed by atoms with van der Waals surface area (Å²) in [5.41, 5.74) is 1.92. The Morgan fingerprint density at radius 1 is 1.00 bits per heavy atom. The number of carbonyl (C=O) groups is 1. The number of likely N-dealkylation sites (N-methyl/N-ethyl adjacent to an activating group) is 1. The lowest BCUT2D eigenvalue weighted by atomic mass is 9.84. The van der Waals surface area contributed by atoms with Crippen LogP contribution in [0.5, 0.6) is 5.75 Å². The summed E-state index contributed by atoms with van der Waals surface area (Å²) in [6.07, 6.45) is 1.65. The van der Waals surface area contributed by atoms with Crippen molar-refractivity contribution in [2.75, 3.05) is 26.7 Å². The van der Waals surface area contributed by atoms with Gasteiger partial charge in [-0.1, -0.05) is 48.5 Å². The summed E-state index contributed by atoms with van der Waals surface area (Å²) in [6.45, 7) is 3.28. The zero-order valence-corrected chi connectivity index (χ0v) is 17.1. The predicted molar refractivity (Wildman–Crippen MR) is 96.3 cm³/mol. The van der Waals surface area contributed by atoms with Crippen LogP contribution in [0.3, 0.4) is 0 Å². The van der Waals surface area contributed by atoms with Crippen LogP contribution in [0.2, 0.25) is 0 Å². The van der Waals surface area contributed by atoms with Crippen LogP contribution in [0.15, 0.2) is 54.6 Å². The molecule has 3 fully saturated rings. The number of rotatable bonds is 3. The molecule has 3 aliphatic heterocycles. The first-order valence-electron chi connectivity index (χ1n) is 8.99. The molecule has 5 rings (SSSR count). The maximum Gasteiger partial charge on any atom is 0.514 e. The van der Waals surface area contributed by atoms with Gasteiger partial charge >= 0.3 is 6.16 Å². The van der Waals surface area contributed by atoms with Gasteiger partial charge in [-0.05, 0) is 11.6 Å². The Kier molecular flexibility index (Phi) is 5.87. The maximum absolute atomic E-state index is 12.4. The molecular formula is C21H24INO3. The van der Waals surface area contributed by atoms with Gasteiger partial charge in [0.15, 0.2) is 6.10 Å². The number of ether oxygens (including phenoxy) is 2. The minimum atomic E-state index is -0.589. The molecule has 0 saturated carbocycles. The van der Waals surface area contributed by atoms with Crippen molar-refractivity contribution in [3.05, 3.63) is 54.6 Å². The van der Waals surface area contributed by atoms with E-state index in [1.54, 1.807) is 0 Å². The quantitative estimate of drug-likeness (QED) is 0.295. The van der Waals surface area contributed by atoms with Crippen LogP contribution in [-0.2, 0) is 4.74 Å². The summed E-state index contributed by atoms with van der Waals surface area (Å²) in [4.78, 5) is 12.4. The van der Waals surface area contributed by atoms with Crippen LogP contribution in [0.1, 0.15) is 12.8 Å². The molecule has 4 nitrogen and oxygen atoms in total. The van der Waals surface area contributed by atoms with Crippen molar-refractivity contribution in [1.29, 1.82) is 0 Å². The molecule has 0 N–H and O–H groups in total. The zero-order valence-electron chi connectivity index (χ0n) is 14.9. The van der Waals surface area contributed by atoms with Gasteiger partial charge < -0.3 is 37.9 Å². The number of carbonyl (C=O) groups excluding carboxylic acids is 1. The van der Waals surface area contributed by atoms with Gasteiger partial charge in [-0.3, -0.25) is 0 Å². The highest BCUT2D eigenvalue weighted by atomic mass is 127. The second-order valence-electron chi connectivity index (χ2n) is 7.46. The van der Waals surface area contributed by atoms with Gasteiger partial charge in [0.1, 0.15) is 12.3 Å². The number of fused-ring (bicyclic) bond motifs is 3. The molecule has 0 aliphatic carbocycles. The van der Waals surface area contributed by atoms with Gasteiger partial charge in [-0.2, -0.15) is 0 Å². The van der Waals surface area contributed by atoms with Crippen LogP contribution in [0.25, 0.3) is 11.1 Å². The molecule has 2 aromatic carbocycles. The first kappa shape index (κ1) is 19.2. The minimum Gasteiger partial charge on any atom is -1.00 e. The van der Waals surface area contributed by atoms with Crippen LogP contribution in [0.4, 0.5) is 4.79 Å². The van der Waals surface area contributed by atoms with Crippen molar-refractivity contribution in [2.24, 2.45) is 5.92 Å². The number of quaternary nitrogens is 1. The Balaban J connectivity index is 0.00000196. The standard InChI is InChI=1S/C21H24NO3.HI/c1-22-13-11-17(12-14-22)20(15-22)25-21(23)24-19-10-6-5-9-18(19)16-7-3-2-4-8-16;/h2-10,17,20H,11-15H2,1H3;1H/q+1;/p-1/t17?,20-,22?;/m0./s1. The van der Waals surface area contributed by atoms with Gasteiger partial charge in [0, 0.05) is 24.3 Å². The maximum atomic E-state index is 12.4. The molecule has 2 aromatic rings. The second-order valence-corrected chi connectivity index (χ2v) is 7.46. The zero-order chi connectivity index (χ0) is 17.3. The fourth-order valence-electron chi connectivity index (χ4n) is 4.13. The van der Waals surface area contributed by atoms with Gasteiger partial charge in [0.2, 0.25) is 0 Å². The van der Waals surface area contributed by atoms with Crippen LogP contribution in [-0.4, -0.2) is 43.4 Å². The van der Waals surface area contributed by atoms with E-state index >= 15 is 0 Å². The van der Waals surface area contributed by atoms with E-state index in [9.17, 15) is 4.79 Å². The number of hydrogen-bond acceptors (Lipinski definition) is 3. The highest BCUT2D eigenvalue weighted by Gasteiger charge is 2.45. The average Bonchev–Trinajstić information content (AvgIpc) is 2.63. The van der Waals surface area contributed by atoms with Crippen LogP contribution in [0, 0.1) is 5.92 Å². The normalized spacial score (nSPS) is 26.7. The number of halogens is 1. The molecule has 0 aromatic heterocycles. The fraction of sp³-hybridized carbons (Fsp3) is 0.381. The van der Waals surface area contributed by atoms with Gasteiger partial charge in [0.25, 0.3) is 0 Å². The molecule has 0 unspecified atom stereocenters. The van der Waals surface area contributed by atoms with E-state index in [0.717, 1.165) is 35.0 Å². The molecule has 1 atom stereocenters. The Hall–Kier alpha value is -1.60. The number of nitrogens with zero attached hydrogens (tertiary/aromatic N) is 1. The van der Waals surface area contributed by atoms with E-state index in [2.05, 4.69) is 7.05 Å². The Morgan fingerprint density at radius 2 is 1.65 bits per heavy atom. The van der Waals surface area contributed by atoms with Crippen molar-refractivity contribution >= 4 is 6.16 Å². The lowest BCUT2D eigenvalue weighted by Crippen LogP contribution is -3.00. The van der Waals surface area contributed by atoms with Crippen molar-refractivity contribution in [1.82, 2.24) is 0 Å². The Morgan fingerprint density at radius 3 is 2.35 bits per heavy atom. The second kappa shape index (κ2) is 7.96. The smallest absolute Gasteiger partial charge is 0.514 e. The highest BCUT2D eigenvalue weighted by molar-refractivity contribution is 5.74. The third-order valence-corrected chi connectivity index (χ3v) is 5.64. The molecular weight excluding hydrogens is 441 g/mol. The molecule has 5 heteroatoms. The summed E-state index contributed by atoms with van der Waals surface area (Å²) in [6, 6.07) is 17.5. The van der Waals surface area contributed by atoms with Gasteiger partial charge in [-0.25, -0.2) is 4.79 Å². The lowest BCUT2D eigenvalue weighted by Gasteiger charge is -2.49. The first-order chi connectivity index (χ1) is 12.1. The van der Waals surface area contributed by atoms with Gasteiger partial charge in [0.05, 0.1) is 20.1 Å². The van der Waals surface area contributed by atoms with Crippen molar-refractivity contribution in [2.45, 2.75) is 18.9 Å². The lowest BCUT2D eigenvalue weighted by molar-refractivity contribution is -0.928. The summed E-state index contributed by atoms with van der Waals surface area (Å²) in [5.74, 6) is 1.03. The van der Waals surface area contributed by atoms with E-state index in [4.69, 9.17) is 9.47 Å². The Labute approximate surface area is 171 Å². The van der Waals surface area contributed by atoms with E-state index in [1.165, 1.54) is 13.1 Å². The van der Waals surface area contributed by atoms with Crippen LogP contribution >= 0.6 is 0 Å². The van der Waals surface area contributed by atoms with Crippen molar-refractivity contribution in [3.63, 3.8) is 0 Å². The van der Waals surface area contributed by atoms with Crippen molar-refractivity contribution < 1.29 is 42.7 Å². The predicted octanol–water partition coefficient (Wildman–Crippen LogP) is 1.11. The Bertz CT molecular complexity index is 757. The number of para-hydroxylation sites is 1. The van der Waals surface area contributed by atoms with E-state index in [1.807, 2.05) is 54.6 Å². The molecule has 2 bridgehead atoms. The summed E-state index contributed by atoms with van der Waals surface area (Å²) in [7, 11) is 2.25. The van der Waals surface area contributed by atoms with Crippen molar-refractivity contribution in [3.8, 4) is 16.9 Å². The number of benzene rings is 2. The summed E-state index contributed by atoms with van der Waals surface area (Å²) in [5, 5.41) is 0. The molecule has 138 valence electrons. The van der Waals surface area contributed by atoms with Crippen LogP contribution < -0.4 is 28.7 Å². The van der Waals surface area contributed by atoms with E-state index < -0.39 is 6.16 Å². The SMILES string of the molecule is C[N+]12CCC(CC1)[C@@H](OC(=O)Oc1ccccc1-c1ccccc1)C2.[I-]. The molecule has 3 saturated heterocycles. The summed E-state index contributed by atoms with van der Waals surface area (Å²) >= 11 is 0. The molecule has 3 aliphatic rings. The third-order valence-electron chi connectivity index (χ3n) is 5.64. The molecule has 0 spiro atoms. The molecule has 0 amide bonds. The largest absolute Gasteiger partial charge is 1.00 e. The molecule has 0 radical (unpaired) electrons. The molecule has 3 heterocycles. The van der Waals surface area contributed by atoms with E-state index in [-0.39, 0.29) is 30.1 Å². The summed E-state index contributed by atoms with van der Waals surface area (Å²) < 4.78 is 12.3. The van der Waals surface area contributed by atoms with E-state index in [0.29, 0.717) is 11.7 Å². The molecule has 26 heavy (non-hydrogen) atoms. The minimum absolute atomic E-state index is 0. The first-order valence-corrected chi connectivity index (χ1v) is 8.99. The monoisotopic (exact) mass is 465 g/mol. The van der Waals surface area contributed by atoms with Gasteiger partial charge in [-0.15, -0.1) is 0 Å². The number of piperidine rings is 3. The highest BCUT2D eigenvalue weighted by Crippen LogP contribution is 2.35. The topological polar surface area (TPSA) is 35.5 Å². The third kappa shape index (κ3) is 4.04. The average molecular weight is 465 g/mol. The number of hydrogen-bond donors (Lipinski definition) is 0.